The minimum atomic E-state index is 0.323. The topological polar surface area (TPSA) is 95.2 Å². The Hall–Kier alpha value is -2.89. The molecule has 1 aromatic carbocycles. The summed E-state index contributed by atoms with van der Waals surface area (Å²) < 4.78 is 0. The summed E-state index contributed by atoms with van der Waals surface area (Å²) in [6.07, 6.45) is 1.82. The SMILES string of the molecule is Nc1n[nH]c(-c2ccc[nH]2)c1N=Nc1ccccc1. The van der Waals surface area contributed by atoms with E-state index in [-0.39, 0.29) is 0 Å². The van der Waals surface area contributed by atoms with Crippen molar-refractivity contribution in [3.05, 3.63) is 48.7 Å². The zero-order valence-electron chi connectivity index (χ0n) is 10.0. The van der Waals surface area contributed by atoms with Crippen molar-refractivity contribution in [3.8, 4) is 11.4 Å². The standard InChI is InChI=1S/C13H12N6/c14-13-12(18-16-9-5-2-1-3-6-9)11(17-19-13)10-7-4-8-15-10/h1-8,15H,(H3,14,17,19). The highest BCUT2D eigenvalue weighted by molar-refractivity contribution is 5.77. The smallest absolute Gasteiger partial charge is 0.173 e. The number of aromatic nitrogens is 3. The molecule has 0 saturated heterocycles. The number of H-pyrrole nitrogens is 2. The fourth-order valence-electron chi connectivity index (χ4n) is 1.73. The lowest BCUT2D eigenvalue weighted by Crippen LogP contribution is -1.83. The van der Waals surface area contributed by atoms with Crippen molar-refractivity contribution in [1.82, 2.24) is 15.2 Å². The normalized spacial score (nSPS) is 11.2. The molecule has 0 amide bonds. The predicted molar refractivity (Wildman–Crippen MR) is 73.4 cm³/mol. The zero-order valence-corrected chi connectivity index (χ0v) is 10.0. The van der Waals surface area contributed by atoms with Gasteiger partial charge in [0.1, 0.15) is 5.69 Å². The summed E-state index contributed by atoms with van der Waals surface area (Å²) in [7, 11) is 0. The summed E-state index contributed by atoms with van der Waals surface area (Å²) in [5.41, 5.74) is 8.69. The molecule has 0 saturated carbocycles. The molecule has 0 fully saturated rings. The minimum absolute atomic E-state index is 0.323. The second-order valence-corrected chi connectivity index (χ2v) is 3.95. The van der Waals surface area contributed by atoms with Crippen molar-refractivity contribution in [1.29, 1.82) is 0 Å². The van der Waals surface area contributed by atoms with Crippen molar-refractivity contribution >= 4 is 17.2 Å². The molecule has 0 bridgehead atoms. The van der Waals surface area contributed by atoms with Crippen LogP contribution in [0.5, 0.6) is 0 Å². The molecule has 0 atom stereocenters. The molecule has 94 valence electrons. The Labute approximate surface area is 109 Å². The second kappa shape index (κ2) is 4.77. The number of aromatic amines is 2. The van der Waals surface area contributed by atoms with Crippen LogP contribution in [-0.4, -0.2) is 15.2 Å². The van der Waals surface area contributed by atoms with E-state index in [2.05, 4.69) is 25.4 Å². The maximum atomic E-state index is 5.80. The molecule has 0 aliphatic rings. The van der Waals surface area contributed by atoms with Crippen LogP contribution in [0.15, 0.2) is 58.9 Å². The van der Waals surface area contributed by atoms with Crippen LogP contribution in [0.1, 0.15) is 0 Å². The molecule has 6 nitrogen and oxygen atoms in total. The number of anilines is 1. The van der Waals surface area contributed by atoms with Gasteiger partial charge in [-0.3, -0.25) is 5.10 Å². The van der Waals surface area contributed by atoms with Gasteiger partial charge in [-0.2, -0.15) is 10.2 Å². The first-order valence-corrected chi connectivity index (χ1v) is 5.79. The molecular weight excluding hydrogens is 240 g/mol. The van der Waals surface area contributed by atoms with Gasteiger partial charge in [0.05, 0.1) is 11.4 Å². The molecule has 0 aliphatic heterocycles. The number of azo groups is 1. The van der Waals surface area contributed by atoms with Gasteiger partial charge in [0, 0.05) is 6.20 Å². The molecular formula is C13H12N6. The van der Waals surface area contributed by atoms with Gasteiger partial charge in [0.2, 0.25) is 0 Å². The lowest BCUT2D eigenvalue weighted by molar-refractivity contribution is 1.10. The van der Waals surface area contributed by atoms with E-state index in [1.54, 1.807) is 0 Å². The van der Waals surface area contributed by atoms with Crippen molar-refractivity contribution < 1.29 is 0 Å². The number of nitrogens with zero attached hydrogens (tertiary/aromatic N) is 3. The van der Waals surface area contributed by atoms with Crippen LogP contribution in [0.25, 0.3) is 11.4 Å². The van der Waals surface area contributed by atoms with Gasteiger partial charge in [-0.1, -0.05) is 18.2 Å². The van der Waals surface area contributed by atoms with Crippen molar-refractivity contribution in [2.75, 3.05) is 5.73 Å². The van der Waals surface area contributed by atoms with Crippen LogP contribution in [-0.2, 0) is 0 Å². The van der Waals surface area contributed by atoms with Crippen molar-refractivity contribution in [3.63, 3.8) is 0 Å². The molecule has 4 N–H and O–H groups in total. The van der Waals surface area contributed by atoms with E-state index < -0.39 is 0 Å². The minimum Gasteiger partial charge on any atom is -0.380 e. The van der Waals surface area contributed by atoms with Gasteiger partial charge in [-0.25, -0.2) is 0 Å². The van der Waals surface area contributed by atoms with Crippen LogP contribution in [0.4, 0.5) is 17.2 Å². The van der Waals surface area contributed by atoms with Crippen molar-refractivity contribution in [2.45, 2.75) is 0 Å². The molecule has 0 unspecified atom stereocenters. The van der Waals surface area contributed by atoms with Crippen LogP contribution in [0.2, 0.25) is 0 Å². The fraction of sp³-hybridized carbons (Fsp3) is 0. The van der Waals surface area contributed by atoms with E-state index in [4.69, 9.17) is 5.73 Å². The molecule has 2 aromatic heterocycles. The Morgan fingerprint density at radius 3 is 2.58 bits per heavy atom. The van der Waals surface area contributed by atoms with Crippen LogP contribution in [0, 0.1) is 0 Å². The van der Waals surface area contributed by atoms with E-state index in [1.807, 2.05) is 48.7 Å². The highest BCUT2D eigenvalue weighted by atomic mass is 15.2. The first-order chi connectivity index (χ1) is 9.34. The Morgan fingerprint density at radius 2 is 1.84 bits per heavy atom. The first kappa shape index (κ1) is 11.2. The number of nitrogens with one attached hydrogen (secondary N) is 2. The lowest BCUT2D eigenvalue weighted by atomic mass is 10.3. The third-order valence-corrected chi connectivity index (χ3v) is 2.66. The zero-order chi connectivity index (χ0) is 13.1. The summed E-state index contributed by atoms with van der Waals surface area (Å²) >= 11 is 0. The fourth-order valence-corrected chi connectivity index (χ4v) is 1.73. The van der Waals surface area contributed by atoms with E-state index >= 15 is 0 Å². The highest BCUT2D eigenvalue weighted by Crippen LogP contribution is 2.33. The van der Waals surface area contributed by atoms with E-state index in [1.165, 1.54) is 0 Å². The second-order valence-electron chi connectivity index (χ2n) is 3.95. The van der Waals surface area contributed by atoms with Crippen LogP contribution < -0.4 is 5.73 Å². The van der Waals surface area contributed by atoms with Gasteiger partial charge in [0.25, 0.3) is 0 Å². The summed E-state index contributed by atoms with van der Waals surface area (Å²) in [6, 6.07) is 13.3. The largest absolute Gasteiger partial charge is 0.380 e. The monoisotopic (exact) mass is 252 g/mol. The highest BCUT2D eigenvalue weighted by Gasteiger charge is 2.12. The average molecular weight is 252 g/mol. The van der Waals surface area contributed by atoms with Gasteiger partial charge in [-0.15, -0.1) is 5.11 Å². The maximum Gasteiger partial charge on any atom is 0.173 e. The predicted octanol–water partition coefficient (Wildman–Crippen LogP) is 3.40. The third-order valence-electron chi connectivity index (χ3n) is 2.66. The number of hydrogen-bond donors (Lipinski definition) is 3. The molecule has 3 rings (SSSR count). The quantitative estimate of drug-likeness (QED) is 0.623. The average Bonchev–Trinajstić information content (AvgIpc) is 3.07. The van der Waals surface area contributed by atoms with Gasteiger partial charge in [0.15, 0.2) is 11.5 Å². The molecule has 3 aromatic rings. The molecule has 19 heavy (non-hydrogen) atoms. The van der Waals surface area contributed by atoms with Crippen LogP contribution >= 0.6 is 0 Å². The third kappa shape index (κ3) is 2.23. The number of hydrogen-bond acceptors (Lipinski definition) is 4. The molecule has 0 aliphatic carbocycles. The Balaban J connectivity index is 1.97. The number of benzene rings is 1. The molecule has 2 heterocycles. The van der Waals surface area contributed by atoms with E-state index in [9.17, 15) is 0 Å². The molecule has 0 radical (unpaired) electrons. The first-order valence-electron chi connectivity index (χ1n) is 5.79. The maximum absolute atomic E-state index is 5.80. The number of rotatable bonds is 3. The van der Waals surface area contributed by atoms with Gasteiger partial charge >= 0.3 is 0 Å². The molecule has 6 heteroatoms. The van der Waals surface area contributed by atoms with E-state index in [0.717, 1.165) is 17.1 Å². The Kier molecular flexibility index (Phi) is 2.82. The van der Waals surface area contributed by atoms with Crippen LogP contribution in [0.3, 0.4) is 0 Å². The summed E-state index contributed by atoms with van der Waals surface area (Å²) in [5.74, 6) is 0.323. The Morgan fingerprint density at radius 1 is 1.00 bits per heavy atom. The summed E-state index contributed by atoms with van der Waals surface area (Å²) in [6.45, 7) is 0. The number of nitrogen functional groups attached to an aromatic ring is 1. The summed E-state index contributed by atoms with van der Waals surface area (Å²) in [4.78, 5) is 3.08. The molecule has 0 spiro atoms. The van der Waals surface area contributed by atoms with E-state index in [0.29, 0.717) is 11.5 Å². The van der Waals surface area contributed by atoms with Crippen molar-refractivity contribution in [2.24, 2.45) is 10.2 Å². The number of nitrogens with two attached hydrogens (primary N) is 1. The summed E-state index contributed by atoms with van der Waals surface area (Å²) in [5, 5.41) is 15.1. The van der Waals surface area contributed by atoms with Gasteiger partial charge < -0.3 is 10.7 Å². The van der Waals surface area contributed by atoms with Gasteiger partial charge in [-0.05, 0) is 24.3 Å². The lowest BCUT2D eigenvalue weighted by Gasteiger charge is -1.95. The Bertz CT molecular complexity index is 681.